The number of carbonyl (C=O) groups excluding carboxylic acids is 1. The van der Waals surface area contributed by atoms with Crippen molar-refractivity contribution in [1.82, 2.24) is 10.3 Å². The molecule has 1 aromatic heterocycles. The highest BCUT2D eigenvalue weighted by molar-refractivity contribution is 6.32. The lowest BCUT2D eigenvalue weighted by molar-refractivity contribution is 0.0947. The number of aromatic nitrogens is 1. The summed E-state index contributed by atoms with van der Waals surface area (Å²) in [5, 5.41) is 11.9. The number of phenols is 1. The molecule has 0 aliphatic heterocycles. The van der Waals surface area contributed by atoms with Gasteiger partial charge in [-0.25, -0.2) is 9.37 Å². The molecule has 1 aromatic carbocycles. The van der Waals surface area contributed by atoms with Crippen LogP contribution in [-0.2, 0) is 6.54 Å². The van der Waals surface area contributed by atoms with Gasteiger partial charge in [0.25, 0.3) is 5.91 Å². The van der Waals surface area contributed by atoms with Gasteiger partial charge in [-0.05, 0) is 19.1 Å². The topological polar surface area (TPSA) is 75.4 Å². The van der Waals surface area contributed by atoms with Crippen LogP contribution < -0.4 is 5.32 Å². The van der Waals surface area contributed by atoms with Gasteiger partial charge in [0.15, 0.2) is 6.39 Å². The number of hydrogen-bond acceptors (Lipinski definition) is 4. The normalized spacial score (nSPS) is 10.5. The third-order valence-electron chi connectivity index (χ3n) is 2.53. The quantitative estimate of drug-likeness (QED) is 0.907. The van der Waals surface area contributed by atoms with E-state index in [1.54, 1.807) is 6.92 Å². The Kier molecular flexibility index (Phi) is 3.71. The number of aryl methyl sites for hydroxylation is 1. The fourth-order valence-corrected chi connectivity index (χ4v) is 1.70. The molecule has 0 bridgehead atoms. The molecule has 2 N–H and O–H groups in total. The SMILES string of the molecule is Cc1ocnc1CNC(=O)c1cc(F)cc(Cl)c1O. The molecule has 0 saturated heterocycles. The standard InChI is InChI=1S/C12H10ClFN2O3/c1-6-10(16-5-19-6)4-15-12(18)8-2-7(14)3-9(13)11(8)17/h2-3,5,17H,4H2,1H3,(H,15,18). The summed E-state index contributed by atoms with van der Waals surface area (Å²) in [6.45, 7) is 1.81. The molecule has 19 heavy (non-hydrogen) atoms. The highest BCUT2D eigenvalue weighted by Gasteiger charge is 2.16. The molecule has 100 valence electrons. The zero-order valence-corrected chi connectivity index (χ0v) is 10.7. The van der Waals surface area contributed by atoms with Gasteiger partial charge < -0.3 is 14.8 Å². The average Bonchev–Trinajstić information content (AvgIpc) is 2.76. The third kappa shape index (κ3) is 2.85. The van der Waals surface area contributed by atoms with Crippen LogP contribution in [-0.4, -0.2) is 16.0 Å². The number of carbonyl (C=O) groups is 1. The van der Waals surface area contributed by atoms with E-state index >= 15 is 0 Å². The van der Waals surface area contributed by atoms with Crippen LogP contribution >= 0.6 is 11.6 Å². The fourth-order valence-electron chi connectivity index (χ4n) is 1.50. The number of amides is 1. The van der Waals surface area contributed by atoms with Gasteiger partial charge >= 0.3 is 0 Å². The molecule has 0 saturated carbocycles. The number of aromatic hydroxyl groups is 1. The zero-order valence-electron chi connectivity index (χ0n) is 9.91. The highest BCUT2D eigenvalue weighted by atomic mass is 35.5. The van der Waals surface area contributed by atoms with Crippen molar-refractivity contribution in [2.75, 3.05) is 0 Å². The first kappa shape index (κ1) is 13.4. The average molecular weight is 285 g/mol. The molecule has 0 radical (unpaired) electrons. The Hall–Kier alpha value is -2.08. The molecule has 2 rings (SSSR count). The molecule has 0 atom stereocenters. The van der Waals surface area contributed by atoms with E-state index < -0.39 is 17.5 Å². The van der Waals surface area contributed by atoms with E-state index in [1.807, 2.05) is 0 Å². The lowest BCUT2D eigenvalue weighted by Crippen LogP contribution is -2.23. The number of oxazole rings is 1. The third-order valence-corrected chi connectivity index (χ3v) is 2.82. The molecule has 7 heteroatoms. The molecule has 0 aliphatic carbocycles. The van der Waals surface area contributed by atoms with E-state index in [9.17, 15) is 14.3 Å². The van der Waals surface area contributed by atoms with E-state index in [0.717, 1.165) is 12.1 Å². The maximum atomic E-state index is 13.1. The second kappa shape index (κ2) is 5.27. The summed E-state index contributed by atoms with van der Waals surface area (Å²) < 4.78 is 18.1. The monoisotopic (exact) mass is 284 g/mol. The van der Waals surface area contributed by atoms with Gasteiger partial charge in [0.05, 0.1) is 17.1 Å². The number of halogens is 2. The predicted octanol–water partition coefficient (Wildman–Crippen LogP) is 2.41. The summed E-state index contributed by atoms with van der Waals surface area (Å²) in [5.74, 6) is -1.24. The molecular formula is C12H10ClFN2O3. The number of nitrogens with zero attached hydrogens (tertiary/aromatic N) is 1. The van der Waals surface area contributed by atoms with Crippen LogP contribution in [0.4, 0.5) is 4.39 Å². The van der Waals surface area contributed by atoms with Crippen LogP contribution in [0.1, 0.15) is 21.8 Å². The largest absolute Gasteiger partial charge is 0.506 e. The van der Waals surface area contributed by atoms with Crippen LogP contribution in [0.3, 0.4) is 0 Å². The van der Waals surface area contributed by atoms with Gasteiger partial charge in [-0.1, -0.05) is 11.6 Å². The number of phenolic OH excluding ortho intramolecular Hbond substituents is 1. The van der Waals surface area contributed by atoms with Crippen molar-refractivity contribution in [3.05, 3.63) is 46.4 Å². The van der Waals surface area contributed by atoms with E-state index in [0.29, 0.717) is 11.5 Å². The lowest BCUT2D eigenvalue weighted by atomic mass is 10.2. The van der Waals surface area contributed by atoms with E-state index in [4.69, 9.17) is 16.0 Å². The van der Waals surface area contributed by atoms with Crippen molar-refractivity contribution >= 4 is 17.5 Å². The molecular weight excluding hydrogens is 275 g/mol. The Morgan fingerprint density at radius 3 is 2.95 bits per heavy atom. The van der Waals surface area contributed by atoms with Gasteiger partial charge in [0.2, 0.25) is 0 Å². The number of benzene rings is 1. The molecule has 1 heterocycles. The first-order chi connectivity index (χ1) is 8.99. The molecule has 0 unspecified atom stereocenters. The van der Waals surface area contributed by atoms with Crippen molar-refractivity contribution < 1.29 is 18.7 Å². The Balaban J connectivity index is 2.15. The van der Waals surface area contributed by atoms with Crippen LogP contribution in [0.2, 0.25) is 5.02 Å². The Morgan fingerprint density at radius 2 is 2.32 bits per heavy atom. The number of nitrogens with one attached hydrogen (secondary N) is 1. The molecule has 1 amide bonds. The Morgan fingerprint density at radius 1 is 1.58 bits per heavy atom. The Labute approximate surface area is 113 Å². The second-order valence-electron chi connectivity index (χ2n) is 3.82. The maximum absolute atomic E-state index is 13.1. The molecule has 0 spiro atoms. The van der Waals surface area contributed by atoms with Gasteiger partial charge in [-0.3, -0.25) is 4.79 Å². The van der Waals surface area contributed by atoms with E-state index in [-0.39, 0.29) is 17.1 Å². The Bertz CT molecular complexity index is 627. The number of hydrogen-bond donors (Lipinski definition) is 2. The lowest BCUT2D eigenvalue weighted by Gasteiger charge is -2.07. The van der Waals surface area contributed by atoms with Gasteiger partial charge in [0, 0.05) is 0 Å². The highest BCUT2D eigenvalue weighted by Crippen LogP contribution is 2.28. The minimum Gasteiger partial charge on any atom is -0.506 e. The summed E-state index contributed by atoms with van der Waals surface area (Å²) >= 11 is 5.59. The fraction of sp³-hybridized carbons (Fsp3) is 0.167. The summed E-state index contributed by atoms with van der Waals surface area (Å²) in [5.41, 5.74) is 0.321. The van der Waals surface area contributed by atoms with E-state index in [1.165, 1.54) is 6.39 Å². The van der Waals surface area contributed by atoms with Gasteiger partial charge in [0.1, 0.15) is 23.0 Å². The van der Waals surface area contributed by atoms with Crippen LogP contribution in [0.25, 0.3) is 0 Å². The van der Waals surface area contributed by atoms with Gasteiger partial charge in [-0.15, -0.1) is 0 Å². The molecule has 0 fully saturated rings. The zero-order chi connectivity index (χ0) is 14.0. The van der Waals surface area contributed by atoms with Crippen molar-refractivity contribution in [2.45, 2.75) is 13.5 Å². The van der Waals surface area contributed by atoms with Crippen molar-refractivity contribution in [3.8, 4) is 5.75 Å². The predicted molar refractivity (Wildman–Crippen MR) is 65.5 cm³/mol. The van der Waals surface area contributed by atoms with Crippen LogP contribution in [0.5, 0.6) is 5.75 Å². The number of rotatable bonds is 3. The summed E-state index contributed by atoms with van der Waals surface area (Å²) in [6, 6.07) is 1.83. The minimum absolute atomic E-state index is 0.106. The van der Waals surface area contributed by atoms with Crippen LogP contribution in [0.15, 0.2) is 22.9 Å². The minimum atomic E-state index is -0.703. The van der Waals surface area contributed by atoms with Crippen molar-refractivity contribution in [3.63, 3.8) is 0 Å². The molecule has 2 aromatic rings. The van der Waals surface area contributed by atoms with Gasteiger partial charge in [-0.2, -0.15) is 0 Å². The maximum Gasteiger partial charge on any atom is 0.255 e. The van der Waals surface area contributed by atoms with Crippen molar-refractivity contribution in [2.24, 2.45) is 0 Å². The van der Waals surface area contributed by atoms with Crippen LogP contribution in [0, 0.1) is 12.7 Å². The second-order valence-corrected chi connectivity index (χ2v) is 4.23. The smallest absolute Gasteiger partial charge is 0.255 e. The molecule has 0 aliphatic rings. The summed E-state index contributed by atoms with van der Waals surface area (Å²) in [6.07, 6.45) is 1.26. The summed E-state index contributed by atoms with van der Waals surface area (Å²) in [7, 11) is 0. The van der Waals surface area contributed by atoms with E-state index in [2.05, 4.69) is 10.3 Å². The first-order valence-electron chi connectivity index (χ1n) is 5.34. The molecule has 5 nitrogen and oxygen atoms in total. The first-order valence-corrected chi connectivity index (χ1v) is 5.72. The summed E-state index contributed by atoms with van der Waals surface area (Å²) in [4.78, 5) is 15.7. The van der Waals surface area contributed by atoms with Crippen molar-refractivity contribution in [1.29, 1.82) is 0 Å².